The molecule has 0 unspecified atom stereocenters. The van der Waals surface area contributed by atoms with Crippen molar-refractivity contribution in [2.75, 3.05) is 0 Å². The smallest absolute Gasteiger partial charge is 1.00 e. The fourth-order valence-electron chi connectivity index (χ4n) is 0. The number of nitrogens with zero attached hydrogens (tertiary/aromatic N) is 1. The third-order valence-electron chi connectivity index (χ3n) is 0. The topological polar surface area (TPSA) is 63.4 Å². The van der Waals surface area contributed by atoms with Crippen LogP contribution < -0.4 is 18.9 Å². The Morgan fingerprint density at radius 1 is 1.83 bits per heavy atom. The van der Waals surface area contributed by atoms with Gasteiger partial charge in [-0.2, -0.15) is 0 Å². The Morgan fingerprint density at radius 3 is 1.83 bits per heavy atom. The fourth-order valence-corrected chi connectivity index (χ4v) is 0. The normalized spacial score (nSPS) is 4.00. The standard InChI is InChI=1S/Co.Li.HNO3.H/c;;2-1(3)4;/h;;(H,2,3,4);/q;+1;;-1. The summed E-state index contributed by atoms with van der Waals surface area (Å²) in [6.07, 6.45) is 0. The van der Waals surface area contributed by atoms with Gasteiger partial charge >= 0.3 is 18.9 Å². The Bertz CT molecular complexity index is 37.9. The molecule has 0 aromatic carbocycles. The van der Waals surface area contributed by atoms with Gasteiger partial charge in [-0.25, -0.2) is 0 Å². The van der Waals surface area contributed by atoms with Gasteiger partial charge in [-0.1, -0.05) is 0 Å². The van der Waals surface area contributed by atoms with E-state index in [4.69, 9.17) is 15.3 Å². The molecule has 1 radical (unpaired) electrons. The van der Waals surface area contributed by atoms with Crippen LogP contribution in [0.5, 0.6) is 0 Å². The van der Waals surface area contributed by atoms with Crippen molar-refractivity contribution < 1.29 is 47.4 Å². The van der Waals surface area contributed by atoms with Gasteiger partial charge in [0, 0.05) is 16.8 Å². The molecule has 0 spiro atoms. The van der Waals surface area contributed by atoms with Crippen molar-refractivity contribution in [2.24, 2.45) is 0 Å². The Hall–Kier alpha value is 0.304. The summed E-state index contributed by atoms with van der Waals surface area (Å²) in [4.78, 5) is 8.36. The summed E-state index contributed by atoms with van der Waals surface area (Å²) in [5.41, 5.74) is 0. The van der Waals surface area contributed by atoms with Crippen molar-refractivity contribution in [3.8, 4) is 0 Å². The monoisotopic (exact) mass is 130 g/mol. The Morgan fingerprint density at radius 2 is 1.83 bits per heavy atom. The van der Waals surface area contributed by atoms with Crippen LogP contribution in [0, 0.1) is 10.1 Å². The van der Waals surface area contributed by atoms with Crippen molar-refractivity contribution in [2.45, 2.75) is 0 Å². The summed E-state index contributed by atoms with van der Waals surface area (Å²) in [6, 6.07) is 0. The van der Waals surface area contributed by atoms with E-state index in [-0.39, 0.29) is 37.1 Å². The molecule has 0 fully saturated rings. The Labute approximate surface area is 57.9 Å². The largest absolute Gasteiger partial charge is 1.00 e. The quantitative estimate of drug-likeness (QED) is 0.213. The maximum Gasteiger partial charge on any atom is 1.00 e. The number of hydrogen-bond donors (Lipinski definition) is 1. The molecular formula is H2CoLiNO3. The van der Waals surface area contributed by atoms with E-state index in [2.05, 4.69) is 0 Å². The molecule has 0 aromatic heterocycles. The van der Waals surface area contributed by atoms with E-state index in [1.807, 2.05) is 0 Å². The van der Waals surface area contributed by atoms with E-state index in [9.17, 15) is 0 Å². The van der Waals surface area contributed by atoms with E-state index >= 15 is 0 Å². The summed E-state index contributed by atoms with van der Waals surface area (Å²) in [5, 5.41) is 13.6. The summed E-state index contributed by atoms with van der Waals surface area (Å²) in [7, 11) is 0. The molecule has 0 rings (SSSR count). The van der Waals surface area contributed by atoms with Crippen LogP contribution in [0.25, 0.3) is 0 Å². The summed E-state index contributed by atoms with van der Waals surface area (Å²) < 4.78 is 0. The first-order valence-electron chi connectivity index (χ1n) is 0.565. The predicted octanol–water partition coefficient (Wildman–Crippen LogP) is -3.23. The molecule has 0 bridgehead atoms. The van der Waals surface area contributed by atoms with Gasteiger partial charge in [0.15, 0.2) is 0 Å². The van der Waals surface area contributed by atoms with Crippen molar-refractivity contribution in [3.63, 3.8) is 0 Å². The first-order valence-corrected chi connectivity index (χ1v) is 0.565. The molecule has 0 saturated heterocycles. The van der Waals surface area contributed by atoms with E-state index in [0.717, 1.165) is 0 Å². The van der Waals surface area contributed by atoms with Gasteiger partial charge in [0.2, 0.25) is 0 Å². The zero-order chi connectivity index (χ0) is 3.58. The van der Waals surface area contributed by atoms with Crippen molar-refractivity contribution >= 4 is 0 Å². The van der Waals surface area contributed by atoms with Crippen LogP contribution in [0.15, 0.2) is 0 Å². The van der Waals surface area contributed by atoms with E-state index in [1.165, 1.54) is 0 Å². The van der Waals surface area contributed by atoms with E-state index in [1.54, 1.807) is 0 Å². The molecule has 35 valence electrons. The molecule has 0 aliphatic heterocycles. The molecule has 6 heteroatoms. The summed E-state index contributed by atoms with van der Waals surface area (Å²) in [5.74, 6) is 0. The molecule has 0 aromatic rings. The minimum atomic E-state index is -1.50. The average Bonchev–Trinajstić information content (AvgIpc) is 0.811. The average molecular weight is 130 g/mol. The second kappa shape index (κ2) is 9.00. The zero-order valence-electron chi connectivity index (χ0n) is 4.04. The maximum atomic E-state index is 8.36. The third kappa shape index (κ3) is 509. The van der Waals surface area contributed by atoms with Gasteiger partial charge in [-0.05, 0) is 0 Å². The molecule has 1 N–H and O–H groups in total. The Balaban J connectivity index is -0.0000000150. The van der Waals surface area contributed by atoms with Gasteiger partial charge in [0.05, 0.1) is 0 Å². The molecule has 0 saturated carbocycles. The van der Waals surface area contributed by atoms with Crippen LogP contribution in [-0.4, -0.2) is 10.3 Å². The van der Waals surface area contributed by atoms with Crippen molar-refractivity contribution in [1.82, 2.24) is 0 Å². The predicted molar refractivity (Wildman–Crippen MR) is 9.89 cm³/mol. The number of rotatable bonds is 0. The minimum absolute atomic E-state index is 0. The van der Waals surface area contributed by atoms with Gasteiger partial charge in [0.25, 0.3) is 5.09 Å². The second-order valence-electron chi connectivity index (χ2n) is 0.238. The van der Waals surface area contributed by atoms with Gasteiger partial charge < -0.3 is 6.63 Å². The van der Waals surface area contributed by atoms with Crippen LogP contribution in [0.2, 0.25) is 0 Å². The fraction of sp³-hybridized carbons (Fsp3) is 0. The molecule has 0 amide bonds. The second-order valence-corrected chi connectivity index (χ2v) is 0.238. The number of hydrogen-bond acceptors (Lipinski definition) is 2. The molecule has 0 aliphatic carbocycles. The molecule has 0 aliphatic rings. The molecule has 0 heterocycles. The van der Waals surface area contributed by atoms with E-state index in [0.29, 0.717) is 0 Å². The first-order chi connectivity index (χ1) is 1.73. The zero-order valence-corrected chi connectivity index (χ0v) is 4.09. The van der Waals surface area contributed by atoms with Crippen LogP contribution in [-0.2, 0) is 16.8 Å². The van der Waals surface area contributed by atoms with Crippen LogP contribution >= 0.6 is 0 Å². The first kappa shape index (κ1) is 16.2. The molecular weight excluding hydrogens is 128 g/mol. The maximum absolute atomic E-state index is 8.36. The summed E-state index contributed by atoms with van der Waals surface area (Å²) in [6.45, 7) is 0. The molecule has 0 atom stereocenters. The van der Waals surface area contributed by atoms with Gasteiger partial charge in [-0.15, -0.1) is 10.1 Å². The van der Waals surface area contributed by atoms with Gasteiger partial charge in [-0.3, -0.25) is 0 Å². The van der Waals surface area contributed by atoms with Gasteiger partial charge in [0.1, 0.15) is 0 Å². The van der Waals surface area contributed by atoms with E-state index < -0.39 is 5.09 Å². The van der Waals surface area contributed by atoms with Crippen LogP contribution in [0.3, 0.4) is 0 Å². The minimum Gasteiger partial charge on any atom is -1.00 e. The molecule has 6 heavy (non-hydrogen) atoms. The Kier molecular flexibility index (Phi) is 24.4. The SMILES string of the molecule is O=[N+]([O-])O.[Co].[H-].[Li+]. The van der Waals surface area contributed by atoms with Crippen molar-refractivity contribution in [3.05, 3.63) is 10.1 Å². The van der Waals surface area contributed by atoms with Crippen molar-refractivity contribution in [1.29, 1.82) is 0 Å². The van der Waals surface area contributed by atoms with Crippen LogP contribution in [0.1, 0.15) is 1.43 Å². The third-order valence-corrected chi connectivity index (χ3v) is 0. The summed E-state index contributed by atoms with van der Waals surface area (Å²) >= 11 is 0. The molecule has 4 nitrogen and oxygen atoms in total. The van der Waals surface area contributed by atoms with Crippen LogP contribution in [0.4, 0.5) is 0 Å².